The van der Waals surface area contributed by atoms with E-state index in [9.17, 15) is 9.50 Å². The maximum Gasteiger partial charge on any atom is 0.145 e. The molecule has 3 rings (SSSR count). The van der Waals surface area contributed by atoms with E-state index in [0.29, 0.717) is 26.1 Å². The predicted octanol–water partition coefficient (Wildman–Crippen LogP) is 4.31. The Kier molecular flexibility index (Phi) is 7.81. The highest BCUT2D eigenvalue weighted by Gasteiger charge is 2.26. The van der Waals surface area contributed by atoms with Crippen LogP contribution in [-0.4, -0.2) is 53.2 Å². The Hall–Kier alpha value is -2.28. The molecule has 2 aromatic carbocycles. The second-order valence-electron chi connectivity index (χ2n) is 9.19. The highest BCUT2D eigenvalue weighted by atomic mass is 19.1. The SMILES string of the molecule is Cc1ccccc1C1=NO[C@H](CN(Cc2cccc(F)c2)C[C@@H](O)COC(C)(C)C)C1. The van der Waals surface area contributed by atoms with Gasteiger partial charge in [0, 0.05) is 31.6 Å². The second-order valence-corrected chi connectivity index (χ2v) is 9.19. The standard InChI is InChI=1S/C25H33FN2O3/c1-18-8-5-6-11-23(18)24-13-22(31-27-24)16-28(14-19-9-7-10-20(26)12-19)15-21(29)17-30-25(2,3)4/h5-12,21-22,29H,13-17H2,1-4H3/t21-,22+/m1/s1. The average molecular weight is 429 g/mol. The van der Waals surface area contributed by atoms with Crippen LogP contribution in [0, 0.1) is 12.7 Å². The first-order chi connectivity index (χ1) is 14.7. The molecular weight excluding hydrogens is 395 g/mol. The molecule has 168 valence electrons. The normalized spacial score (nSPS) is 17.5. The Morgan fingerprint density at radius 1 is 1.23 bits per heavy atom. The number of oxime groups is 1. The fraction of sp³-hybridized carbons (Fsp3) is 0.480. The Bertz CT molecular complexity index is 894. The highest BCUT2D eigenvalue weighted by molar-refractivity contribution is 6.02. The van der Waals surface area contributed by atoms with Crippen molar-refractivity contribution in [3.8, 4) is 0 Å². The number of aliphatic hydroxyl groups is 1. The molecule has 1 N–H and O–H groups in total. The first-order valence-electron chi connectivity index (χ1n) is 10.8. The monoisotopic (exact) mass is 428 g/mol. The van der Waals surface area contributed by atoms with Gasteiger partial charge in [0.25, 0.3) is 0 Å². The summed E-state index contributed by atoms with van der Waals surface area (Å²) >= 11 is 0. The molecule has 0 unspecified atom stereocenters. The molecule has 0 bridgehead atoms. The summed E-state index contributed by atoms with van der Waals surface area (Å²) in [6, 6.07) is 14.7. The van der Waals surface area contributed by atoms with Crippen LogP contribution in [0.25, 0.3) is 0 Å². The van der Waals surface area contributed by atoms with Crippen molar-refractivity contribution in [2.45, 2.75) is 58.5 Å². The van der Waals surface area contributed by atoms with E-state index in [1.54, 1.807) is 6.07 Å². The fourth-order valence-electron chi connectivity index (χ4n) is 3.66. The van der Waals surface area contributed by atoms with Crippen molar-refractivity contribution in [2.24, 2.45) is 5.16 Å². The minimum absolute atomic E-state index is 0.126. The third kappa shape index (κ3) is 7.42. The van der Waals surface area contributed by atoms with E-state index >= 15 is 0 Å². The van der Waals surface area contributed by atoms with Gasteiger partial charge in [-0.2, -0.15) is 0 Å². The van der Waals surface area contributed by atoms with Crippen molar-refractivity contribution < 1.29 is 19.1 Å². The first kappa shape index (κ1) is 23.4. The summed E-state index contributed by atoms with van der Waals surface area (Å²) < 4.78 is 19.4. The summed E-state index contributed by atoms with van der Waals surface area (Å²) in [5.74, 6) is -0.267. The van der Waals surface area contributed by atoms with E-state index in [-0.39, 0.29) is 24.1 Å². The number of hydrogen-bond acceptors (Lipinski definition) is 5. The van der Waals surface area contributed by atoms with Crippen molar-refractivity contribution in [3.05, 3.63) is 71.0 Å². The topological polar surface area (TPSA) is 54.3 Å². The van der Waals surface area contributed by atoms with Gasteiger partial charge in [-0.05, 0) is 51.0 Å². The van der Waals surface area contributed by atoms with Gasteiger partial charge in [-0.15, -0.1) is 0 Å². The van der Waals surface area contributed by atoms with E-state index in [0.717, 1.165) is 22.4 Å². The van der Waals surface area contributed by atoms with Crippen molar-refractivity contribution in [1.82, 2.24) is 4.90 Å². The van der Waals surface area contributed by atoms with Crippen LogP contribution in [0.1, 0.15) is 43.9 Å². The van der Waals surface area contributed by atoms with Gasteiger partial charge >= 0.3 is 0 Å². The summed E-state index contributed by atoms with van der Waals surface area (Å²) in [6.07, 6.45) is -0.0936. The van der Waals surface area contributed by atoms with E-state index < -0.39 is 6.10 Å². The van der Waals surface area contributed by atoms with Crippen LogP contribution in [0.3, 0.4) is 0 Å². The van der Waals surface area contributed by atoms with Crippen LogP contribution in [0.5, 0.6) is 0 Å². The molecule has 1 aliphatic rings. The molecule has 2 aromatic rings. The summed E-state index contributed by atoms with van der Waals surface area (Å²) in [5, 5.41) is 14.9. The molecule has 0 aliphatic carbocycles. The number of rotatable bonds is 9. The summed E-state index contributed by atoms with van der Waals surface area (Å²) in [5.41, 5.74) is 3.73. The van der Waals surface area contributed by atoms with Crippen LogP contribution in [0.15, 0.2) is 53.7 Å². The van der Waals surface area contributed by atoms with Gasteiger partial charge in [0.05, 0.1) is 24.0 Å². The van der Waals surface area contributed by atoms with Crippen LogP contribution in [0.4, 0.5) is 4.39 Å². The zero-order chi connectivity index (χ0) is 22.4. The largest absolute Gasteiger partial charge is 0.390 e. The number of aliphatic hydroxyl groups excluding tert-OH is 1. The molecule has 31 heavy (non-hydrogen) atoms. The number of aryl methyl sites for hydroxylation is 1. The lowest BCUT2D eigenvalue weighted by Gasteiger charge is -2.28. The molecule has 5 nitrogen and oxygen atoms in total. The maximum atomic E-state index is 13.7. The quantitative estimate of drug-likeness (QED) is 0.647. The number of ether oxygens (including phenoxy) is 1. The third-order valence-electron chi connectivity index (χ3n) is 5.12. The second kappa shape index (κ2) is 10.4. The fourth-order valence-corrected chi connectivity index (χ4v) is 3.66. The van der Waals surface area contributed by atoms with Crippen LogP contribution in [-0.2, 0) is 16.1 Å². The molecule has 0 radical (unpaired) electrons. The van der Waals surface area contributed by atoms with Crippen molar-refractivity contribution in [2.75, 3.05) is 19.7 Å². The minimum Gasteiger partial charge on any atom is -0.390 e. The van der Waals surface area contributed by atoms with Crippen molar-refractivity contribution >= 4 is 5.71 Å². The Morgan fingerprint density at radius 2 is 2.00 bits per heavy atom. The van der Waals surface area contributed by atoms with Gasteiger partial charge < -0.3 is 14.7 Å². The Labute approximate surface area is 184 Å². The molecule has 1 aliphatic heterocycles. The molecule has 1 heterocycles. The maximum absolute atomic E-state index is 13.7. The van der Waals surface area contributed by atoms with E-state index in [1.807, 2.05) is 39.0 Å². The van der Waals surface area contributed by atoms with Gasteiger partial charge in [0.2, 0.25) is 0 Å². The lowest BCUT2D eigenvalue weighted by Crippen LogP contribution is -2.40. The summed E-state index contributed by atoms with van der Waals surface area (Å²) in [6.45, 7) is 9.65. The molecule has 2 atom stereocenters. The lowest BCUT2D eigenvalue weighted by atomic mass is 10.00. The average Bonchev–Trinajstić information content (AvgIpc) is 3.14. The highest BCUT2D eigenvalue weighted by Crippen LogP contribution is 2.21. The zero-order valence-electron chi connectivity index (χ0n) is 18.8. The molecule has 0 spiro atoms. The van der Waals surface area contributed by atoms with E-state index in [4.69, 9.17) is 9.57 Å². The van der Waals surface area contributed by atoms with Crippen molar-refractivity contribution in [3.63, 3.8) is 0 Å². The molecule has 0 aromatic heterocycles. The number of benzene rings is 2. The van der Waals surface area contributed by atoms with Crippen LogP contribution in [0.2, 0.25) is 0 Å². The van der Waals surface area contributed by atoms with Gasteiger partial charge in [-0.25, -0.2) is 4.39 Å². The van der Waals surface area contributed by atoms with Gasteiger partial charge in [0.15, 0.2) is 0 Å². The first-order valence-corrected chi connectivity index (χ1v) is 10.8. The van der Waals surface area contributed by atoms with Gasteiger partial charge in [0.1, 0.15) is 11.9 Å². The van der Waals surface area contributed by atoms with Gasteiger partial charge in [-0.3, -0.25) is 4.90 Å². The van der Waals surface area contributed by atoms with E-state index in [2.05, 4.69) is 29.1 Å². The molecular formula is C25H33FN2O3. The minimum atomic E-state index is -0.661. The Balaban J connectivity index is 1.64. The number of halogens is 1. The van der Waals surface area contributed by atoms with Gasteiger partial charge in [-0.1, -0.05) is 41.6 Å². The molecule has 0 saturated carbocycles. The summed E-state index contributed by atoms with van der Waals surface area (Å²) in [7, 11) is 0. The Morgan fingerprint density at radius 3 is 2.71 bits per heavy atom. The number of nitrogens with zero attached hydrogens (tertiary/aromatic N) is 2. The van der Waals surface area contributed by atoms with Crippen molar-refractivity contribution in [1.29, 1.82) is 0 Å². The summed E-state index contributed by atoms with van der Waals surface area (Å²) in [4.78, 5) is 7.80. The lowest BCUT2D eigenvalue weighted by molar-refractivity contribution is -0.0600. The van der Waals surface area contributed by atoms with Crippen LogP contribution < -0.4 is 0 Å². The smallest absolute Gasteiger partial charge is 0.145 e. The third-order valence-corrected chi connectivity index (χ3v) is 5.12. The molecule has 0 amide bonds. The van der Waals surface area contributed by atoms with Crippen LogP contribution >= 0.6 is 0 Å². The zero-order valence-corrected chi connectivity index (χ0v) is 18.8. The molecule has 6 heteroatoms. The molecule has 0 fully saturated rings. The van der Waals surface area contributed by atoms with E-state index in [1.165, 1.54) is 12.1 Å². The molecule has 0 saturated heterocycles. The number of hydrogen-bond donors (Lipinski definition) is 1. The predicted molar refractivity (Wildman–Crippen MR) is 121 cm³/mol.